The summed E-state index contributed by atoms with van der Waals surface area (Å²) in [5, 5.41) is 0.823. The third-order valence-corrected chi connectivity index (χ3v) is 5.91. The maximum absolute atomic E-state index is 11.6. The number of hydrogen-bond donors (Lipinski definition) is 1. The van der Waals surface area contributed by atoms with Crippen molar-refractivity contribution in [3.05, 3.63) is 33.3 Å². The Morgan fingerprint density at radius 1 is 1.26 bits per heavy atom. The molecule has 0 radical (unpaired) electrons. The summed E-state index contributed by atoms with van der Waals surface area (Å²) in [6.07, 6.45) is 4.19. The first-order chi connectivity index (χ1) is 11.0. The molecule has 0 spiro atoms. The van der Waals surface area contributed by atoms with Crippen LogP contribution in [0.5, 0.6) is 0 Å². The Balaban J connectivity index is 1.56. The average Bonchev–Trinajstić information content (AvgIpc) is 3.01. The van der Waals surface area contributed by atoms with Crippen molar-refractivity contribution in [3.63, 3.8) is 0 Å². The second-order valence-corrected chi connectivity index (χ2v) is 7.86. The third kappa shape index (κ3) is 4.08. The topological polar surface area (TPSA) is 49.6 Å². The summed E-state index contributed by atoms with van der Waals surface area (Å²) in [5.74, 6) is -0.161. The van der Waals surface area contributed by atoms with Crippen molar-refractivity contribution in [2.45, 2.75) is 44.3 Å². The molecular weight excluding hydrogens is 378 g/mol. The molecule has 6 heteroatoms. The van der Waals surface area contributed by atoms with Gasteiger partial charge in [0.2, 0.25) is 5.91 Å². The van der Waals surface area contributed by atoms with Gasteiger partial charge in [0.25, 0.3) is 0 Å². The Bertz CT molecular complexity index is 575. The van der Waals surface area contributed by atoms with Gasteiger partial charge < -0.3 is 5.73 Å². The number of nitrogens with two attached hydrogens (primary N) is 1. The number of nitrogens with zero attached hydrogens (tertiary/aromatic N) is 2. The summed E-state index contributed by atoms with van der Waals surface area (Å²) in [5.41, 5.74) is 6.71. The number of rotatable bonds is 4. The van der Waals surface area contributed by atoms with Crippen molar-refractivity contribution in [1.29, 1.82) is 0 Å². The van der Waals surface area contributed by atoms with Gasteiger partial charge in [0.1, 0.15) is 0 Å². The van der Waals surface area contributed by atoms with Crippen LogP contribution in [-0.2, 0) is 11.3 Å². The van der Waals surface area contributed by atoms with Gasteiger partial charge in [-0.1, -0.05) is 27.5 Å². The number of piperidine rings is 1. The highest BCUT2D eigenvalue weighted by Gasteiger charge is 2.35. The Morgan fingerprint density at radius 3 is 2.70 bits per heavy atom. The van der Waals surface area contributed by atoms with Crippen LogP contribution in [0.2, 0.25) is 5.02 Å². The molecule has 0 aromatic heterocycles. The normalized spacial score (nSPS) is 24.2. The zero-order chi connectivity index (χ0) is 16.4. The lowest BCUT2D eigenvalue weighted by Crippen LogP contribution is -2.50. The standard InChI is InChI=1S/C17H23BrClN3O/c18-13-3-4-15(19)12(10-13)11-21-8-5-14(6-9-21)22-7-1-2-16(22)17(20)23/h3-4,10,14,16H,1-2,5-9,11H2,(H2,20,23)/t16-/m1/s1. The molecule has 0 unspecified atom stereocenters. The molecule has 1 aromatic rings. The third-order valence-electron chi connectivity index (χ3n) is 5.05. The molecule has 2 aliphatic heterocycles. The fourth-order valence-electron chi connectivity index (χ4n) is 3.85. The number of halogens is 2. The van der Waals surface area contributed by atoms with E-state index in [0.29, 0.717) is 6.04 Å². The van der Waals surface area contributed by atoms with Gasteiger partial charge in [-0.2, -0.15) is 0 Å². The number of benzene rings is 1. The van der Waals surface area contributed by atoms with E-state index in [1.807, 2.05) is 12.1 Å². The minimum Gasteiger partial charge on any atom is -0.368 e. The van der Waals surface area contributed by atoms with Crippen molar-refractivity contribution in [3.8, 4) is 0 Å². The molecule has 0 bridgehead atoms. The molecule has 0 aliphatic carbocycles. The lowest BCUT2D eigenvalue weighted by molar-refractivity contribution is -0.123. The number of primary amides is 1. The number of hydrogen-bond acceptors (Lipinski definition) is 3. The highest BCUT2D eigenvalue weighted by molar-refractivity contribution is 9.10. The quantitative estimate of drug-likeness (QED) is 0.845. The van der Waals surface area contributed by atoms with E-state index in [4.69, 9.17) is 17.3 Å². The predicted molar refractivity (Wildman–Crippen MR) is 96.4 cm³/mol. The largest absolute Gasteiger partial charge is 0.368 e. The number of likely N-dealkylation sites (tertiary alicyclic amines) is 2. The van der Waals surface area contributed by atoms with Crippen LogP contribution >= 0.6 is 27.5 Å². The summed E-state index contributed by atoms with van der Waals surface area (Å²) in [7, 11) is 0. The molecule has 2 fully saturated rings. The van der Waals surface area contributed by atoms with Gasteiger partial charge in [-0.3, -0.25) is 14.6 Å². The minimum atomic E-state index is -0.161. The molecule has 2 aliphatic rings. The summed E-state index contributed by atoms with van der Waals surface area (Å²) in [4.78, 5) is 16.4. The maximum atomic E-state index is 11.6. The van der Waals surface area contributed by atoms with Gasteiger partial charge in [0.05, 0.1) is 6.04 Å². The lowest BCUT2D eigenvalue weighted by Gasteiger charge is -2.38. The zero-order valence-electron chi connectivity index (χ0n) is 13.2. The Hall–Kier alpha value is -0.620. The molecule has 23 heavy (non-hydrogen) atoms. The van der Waals surface area contributed by atoms with Crippen molar-refractivity contribution >= 4 is 33.4 Å². The molecule has 1 aromatic carbocycles. The summed E-state index contributed by atoms with van der Waals surface area (Å²) in [6.45, 7) is 3.96. The highest BCUT2D eigenvalue weighted by Crippen LogP contribution is 2.28. The van der Waals surface area contributed by atoms with Gasteiger partial charge in [0, 0.05) is 22.1 Å². The molecule has 4 nitrogen and oxygen atoms in total. The Labute approximate surface area is 151 Å². The first-order valence-electron chi connectivity index (χ1n) is 8.26. The molecule has 1 atom stereocenters. The molecular formula is C17H23BrClN3O. The predicted octanol–water partition coefficient (Wildman–Crippen LogP) is 3.02. The van der Waals surface area contributed by atoms with Gasteiger partial charge in [-0.25, -0.2) is 0 Å². The highest BCUT2D eigenvalue weighted by atomic mass is 79.9. The average molecular weight is 401 g/mol. The monoisotopic (exact) mass is 399 g/mol. The van der Waals surface area contributed by atoms with E-state index in [0.717, 1.165) is 66.9 Å². The van der Waals surface area contributed by atoms with Crippen LogP contribution in [0.4, 0.5) is 0 Å². The first-order valence-corrected chi connectivity index (χ1v) is 9.43. The number of amides is 1. The van der Waals surface area contributed by atoms with Crippen LogP contribution in [0.25, 0.3) is 0 Å². The summed E-state index contributed by atoms with van der Waals surface area (Å²) < 4.78 is 1.06. The van der Waals surface area contributed by atoms with E-state index in [-0.39, 0.29) is 11.9 Å². The van der Waals surface area contributed by atoms with Crippen LogP contribution in [0.15, 0.2) is 22.7 Å². The molecule has 2 N–H and O–H groups in total. The summed E-state index contributed by atoms with van der Waals surface area (Å²) in [6, 6.07) is 6.44. The molecule has 2 heterocycles. The van der Waals surface area contributed by atoms with Crippen molar-refractivity contribution in [1.82, 2.24) is 9.80 Å². The molecule has 126 valence electrons. The van der Waals surface area contributed by atoms with E-state index in [1.54, 1.807) is 0 Å². The van der Waals surface area contributed by atoms with Gasteiger partial charge in [0.15, 0.2) is 0 Å². The van der Waals surface area contributed by atoms with Gasteiger partial charge in [-0.15, -0.1) is 0 Å². The minimum absolute atomic E-state index is 0.0499. The van der Waals surface area contributed by atoms with Crippen molar-refractivity contribution in [2.24, 2.45) is 5.73 Å². The molecule has 3 rings (SSSR count). The molecule has 2 saturated heterocycles. The number of carbonyl (C=O) groups is 1. The van der Waals surface area contributed by atoms with Crippen LogP contribution in [0.1, 0.15) is 31.2 Å². The van der Waals surface area contributed by atoms with Crippen molar-refractivity contribution in [2.75, 3.05) is 19.6 Å². The van der Waals surface area contributed by atoms with Gasteiger partial charge in [-0.05, 0) is 69.1 Å². The van der Waals surface area contributed by atoms with Crippen molar-refractivity contribution < 1.29 is 4.79 Å². The van der Waals surface area contributed by atoms with E-state index in [2.05, 4.69) is 31.8 Å². The Kier molecular flexibility index (Phi) is 5.62. The van der Waals surface area contributed by atoms with E-state index in [9.17, 15) is 4.79 Å². The zero-order valence-corrected chi connectivity index (χ0v) is 15.5. The molecule has 1 amide bonds. The van der Waals surface area contributed by atoms with Gasteiger partial charge >= 0.3 is 0 Å². The fraction of sp³-hybridized carbons (Fsp3) is 0.588. The first kappa shape index (κ1) is 17.2. The van der Waals surface area contributed by atoms with Crippen LogP contribution < -0.4 is 5.73 Å². The van der Waals surface area contributed by atoms with E-state index in [1.165, 1.54) is 0 Å². The second kappa shape index (κ2) is 7.51. The van der Waals surface area contributed by atoms with E-state index >= 15 is 0 Å². The SMILES string of the molecule is NC(=O)[C@H]1CCCN1C1CCN(Cc2cc(Br)ccc2Cl)CC1. The maximum Gasteiger partial charge on any atom is 0.234 e. The fourth-order valence-corrected chi connectivity index (χ4v) is 4.43. The van der Waals surface area contributed by atoms with Crippen LogP contribution in [-0.4, -0.2) is 47.4 Å². The summed E-state index contributed by atoms with van der Waals surface area (Å²) >= 11 is 9.80. The van der Waals surface area contributed by atoms with E-state index < -0.39 is 0 Å². The molecule has 0 saturated carbocycles. The van der Waals surface area contributed by atoms with Crippen LogP contribution in [0, 0.1) is 0 Å². The number of carbonyl (C=O) groups excluding carboxylic acids is 1. The van der Waals surface area contributed by atoms with Crippen LogP contribution in [0.3, 0.4) is 0 Å². The lowest BCUT2D eigenvalue weighted by atomic mass is 10.0. The Morgan fingerprint density at radius 2 is 2.00 bits per heavy atom. The smallest absolute Gasteiger partial charge is 0.234 e. The second-order valence-electron chi connectivity index (χ2n) is 6.54.